The maximum absolute atomic E-state index is 11.1. The number of ether oxygens (including phenoxy) is 1. The van der Waals surface area contributed by atoms with Crippen molar-refractivity contribution in [3.8, 4) is 0 Å². The Labute approximate surface area is 170 Å². The Balaban J connectivity index is 0.00000312. The third-order valence-corrected chi connectivity index (χ3v) is 5.52. The first-order chi connectivity index (χ1) is 11.7. The summed E-state index contributed by atoms with van der Waals surface area (Å²) in [5, 5.41) is 3.47. The van der Waals surface area contributed by atoms with Crippen molar-refractivity contribution in [2.75, 3.05) is 33.3 Å². The van der Waals surface area contributed by atoms with E-state index in [1.807, 2.05) is 0 Å². The second-order valence-electron chi connectivity index (χ2n) is 7.35. The zero-order valence-corrected chi connectivity index (χ0v) is 18.3. The van der Waals surface area contributed by atoms with Crippen molar-refractivity contribution in [3.05, 3.63) is 0 Å². The molecule has 0 atom stereocenters. The highest BCUT2D eigenvalue weighted by Gasteiger charge is 2.40. The molecular formula is C19H36IN3O2. The Morgan fingerprint density at radius 3 is 2.56 bits per heavy atom. The van der Waals surface area contributed by atoms with Gasteiger partial charge in [0, 0.05) is 32.6 Å². The number of nitrogens with zero attached hydrogens (tertiary/aromatic N) is 2. The Hall–Kier alpha value is -0.530. The number of esters is 1. The quantitative estimate of drug-likeness (QED) is 0.194. The average Bonchev–Trinajstić information content (AvgIpc) is 3.23. The molecule has 2 rings (SSSR count). The first kappa shape index (κ1) is 22.5. The molecule has 1 aliphatic heterocycles. The molecule has 0 radical (unpaired) electrons. The minimum Gasteiger partial charge on any atom is -0.469 e. The molecule has 0 aromatic rings. The van der Waals surface area contributed by atoms with Gasteiger partial charge in [0.25, 0.3) is 0 Å². The summed E-state index contributed by atoms with van der Waals surface area (Å²) < 4.78 is 4.66. The van der Waals surface area contributed by atoms with E-state index in [9.17, 15) is 4.79 Å². The highest BCUT2D eigenvalue weighted by Crippen LogP contribution is 2.45. The lowest BCUT2D eigenvalue weighted by atomic mass is 9.86. The summed E-state index contributed by atoms with van der Waals surface area (Å²) in [5.74, 6) is 1.01. The zero-order valence-electron chi connectivity index (χ0n) is 16.0. The molecule has 0 amide bonds. The zero-order chi connectivity index (χ0) is 17.3. The topological polar surface area (TPSA) is 53.9 Å². The van der Waals surface area contributed by atoms with E-state index in [-0.39, 0.29) is 29.9 Å². The summed E-state index contributed by atoms with van der Waals surface area (Å²) in [7, 11) is 1.45. The molecule has 0 bridgehead atoms. The van der Waals surface area contributed by atoms with E-state index in [1.54, 1.807) is 0 Å². The van der Waals surface area contributed by atoms with Crippen LogP contribution in [0.4, 0.5) is 0 Å². The molecule has 1 heterocycles. The Morgan fingerprint density at radius 1 is 1.16 bits per heavy atom. The van der Waals surface area contributed by atoms with Crippen LogP contribution in [0, 0.1) is 5.41 Å². The van der Waals surface area contributed by atoms with Crippen LogP contribution >= 0.6 is 24.0 Å². The highest BCUT2D eigenvalue weighted by molar-refractivity contribution is 14.0. The second kappa shape index (κ2) is 12.0. The first-order valence-corrected chi connectivity index (χ1v) is 9.79. The number of unbranched alkanes of at least 4 members (excludes halogenated alkanes) is 3. The van der Waals surface area contributed by atoms with Crippen LogP contribution in [0.3, 0.4) is 0 Å². The highest BCUT2D eigenvalue weighted by atomic mass is 127. The molecule has 0 aromatic carbocycles. The smallest absolute Gasteiger partial charge is 0.305 e. The van der Waals surface area contributed by atoms with Crippen molar-refractivity contribution >= 4 is 35.9 Å². The lowest BCUT2D eigenvalue weighted by Crippen LogP contribution is -2.41. The molecule has 1 saturated heterocycles. The Kier molecular flexibility index (Phi) is 10.8. The summed E-state index contributed by atoms with van der Waals surface area (Å²) in [4.78, 5) is 18.4. The molecule has 6 heteroatoms. The van der Waals surface area contributed by atoms with Crippen molar-refractivity contribution < 1.29 is 9.53 Å². The van der Waals surface area contributed by atoms with Gasteiger partial charge in [0.05, 0.1) is 7.11 Å². The molecule has 1 spiro atoms. The van der Waals surface area contributed by atoms with E-state index in [4.69, 9.17) is 4.99 Å². The van der Waals surface area contributed by atoms with Crippen LogP contribution < -0.4 is 5.32 Å². The molecule has 5 nitrogen and oxygen atoms in total. The van der Waals surface area contributed by atoms with Gasteiger partial charge in [0.1, 0.15) is 0 Å². The molecule has 1 N–H and O–H groups in total. The van der Waals surface area contributed by atoms with E-state index >= 15 is 0 Å². The fourth-order valence-corrected chi connectivity index (χ4v) is 4.10. The number of carbonyl (C=O) groups is 1. The van der Waals surface area contributed by atoms with Crippen LogP contribution in [-0.4, -0.2) is 50.1 Å². The Morgan fingerprint density at radius 2 is 1.88 bits per heavy atom. The summed E-state index contributed by atoms with van der Waals surface area (Å²) >= 11 is 0. The molecule has 1 aliphatic carbocycles. The van der Waals surface area contributed by atoms with E-state index in [0.717, 1.165) is 51.3 Å². The van der Waals surface area contributed by atoms with E-state index < -0.39 is 0 Å². The van der Waals surface area contributed by atoms with Gasteiger partial charge in [-0.3, -0.25) is 9.79 Å². The van der Waals surface area contributed by atoms with Gasteiger partial charge in [-0.05, 0) is 44.4 Å². The standard InChI is InChI=1S/C19H35N3O2.HI/c1-3-20-18(21-14-9-5-4-6-10-17(23)24-2)22-15-13-19(16-22)11-7-8-12-19;/h3-16H2,1-2H3,(H,20,21);1H. The number of nitrogens with one attached hydrogen (secondary N) is 1. The number of carbonyl (C=O) groups excluding carboxylic acids is 1. The van der Waals surface area contributed by atoms with Crippen molar-refractivity contribution in [2.45, 2.75) is 71.1 Å². The predicted octanol–water partition coefficient (Wildman–Crippen LogP) is 3.96. The maximum atomic E-state index is 11.1. The lowest BCUT2D eigenvalue weighted by molar-refractivity contribution is -0.140. The van der Waals surface area contributed by atoms with Crippen molar-refractivity contribution in [2.24, 2.45) is 10.4 Å². The molecule has 0 unspecified atom stereocenters. The number of rotatable bonds is 8. The SMILES string of the molecule is CCNC(=NCCCCCCC(=O)OC)N1CCC2(CCCC2)C1.I. The number of likely N-dealkylation sites (tertiary alicyclic amines) is 1. The Bertz CT molecular complexity index is 423. The van der Waals surface area contributed by atoms with Gasteiger partial charge in [-0.15, -0.1) is 24.0 Å². The van der Waals surface area contributed by atoms with Crippen LogP contribution in [0.2, 0.25) is 0 Å². The van der Waals surface area contributed by atoms with Crippen molar-refractivity contribution in [3.63, 3.8) is 0 Å². The van der Waals surface area contributed by atoms with Crippen LogP contribution in [-0.2, 0) is 9.53 Å². The fraction of sp³-hybridized carbons (Fsp3) is 0.895. The molecule has 1 saturated carbocycles. The van der Waals surface area contributed by atoms with Gasteiger partial charge >= 0.3 is 5.97 Å². The van der Waals surface area contributed by atoms with E-state index in [1.165, 1.54) is 45.8 Å². The van der Waals surface area contributed by atoms with Gasteiger partial charge in [-0.25, -0.2) is 0 Å². The molecule has 2 fully saturated rings. The van der Waals surface area contributed by atoms with Crippen molar-refractivity contribution in [1.82, 2.24) is 10.2 Å². The lowest BCUT2D eigenvalue weighted by Gasteiger charge is -2.26. The van der Waals surface area contributed by atoms with Crippen molar-refractivity contribution in [1.29, 1.82) is 0 Å². The third kappa shape index (κ3) is 7.31. The van der Waals surface area contributed by atoms with Gasteiger partial charge < -0.3 is 15.0 Å². The second-order valence-corrected chi connectivity index (χ2v) is 7.35. The first-order valence-electron chi connectivity index (χ1n) is 9.79. The van der Waals surface area contributed by atoms with Crippen LogP contribution in [0.25, 0.3) is 0 Å². The third-order valence-electron chi connectivity index (χ3n) is 5.52. The average molecular weight is 465 g/mol. The molecule has 0 aromatic heterocycles. The largest absolute Gasteiger partial charge is 0.469 e. The van der Waals surface area contributed by atoms with Gasteiger partial charge in [0.2, 0.25) is 0 Å². The minimum absolute atomic E-state index is 0. The van der Waals surface area contributed by atoms with Crippen LogP contribution in [0.5, 0.6) is 0 Å². The van der Waals surface area contributed by atoms with Gasteiger partial charge in [-0.1, -0.05) is 25.7 Å². The fourth-order valence-electron chi connectivity index (χ4n) is 4.10. The summed E-state index contributed by atoms with van der Waals surface area (Å²) in [6, 6.07) is 0. The van der Waals surface area contributed by atoms with E-state index in [2.05, 4.69) is 21.9 Å². The number of hydrogen-bond acceptors (Lipinski definition) is 3. The number of aliphatic imine (C=N–C) groups is 1. The van der Waals surface area contributed by atoms with E-state index in [0.29, 0.717) is 11.8 Å². The number of guanidine groups is 1. The summed E-state index contributed by atoms with van der Waals surface area (Å²) in [5.41, 5.74) is 0.587. The molecular weight excluding hydrogens is 429 g/mol. The van der Waals surface area contributed by atoms with Crippen LogP contribution in [0.1, 0.15) is 71.1 Å². The monoisotopic (exact) mass is 465 g/mol. The molecule has 2 aliphatic rings. The number of methoxy groups -OCH3 is 1. The van der Waals surface area contributed by atoms with Gasteiger partial charge in [-0.2, -0.15) is 0 Å². The van der Waals surface area contributed by atoms with Crippen LogP contribution in [0.15, 0.2) is 4.99 Å². The molecule has 146 valence electrons. The maximum Gasteiger partial charge on any atom is 0.305 e. The minimum atomic E-state index is -0.0997. The molecule has 25 heavy (non-hydrogen) atoms. The predicted molar refractivity (Wildman–Crippen MR) is 114 cm³/mol. The normalized spacial score (nSPS) is 19.1. The summed E-state index contributed by atoms with van der Waals surface area (Å²) in [6.07, 6.45) is 11.7. The number of hydrogen-bond donors (Lipinski definition) is 1. The number of halogens is 1. The van der Waals surface area contributed by atoms with Gasteiger partial charge in [0.15, 0.2) is 5.96 Å². The summed E-state index contributed by atoms with van der Waals surface area (Å²) in [6.45, 7) is 6.30.